The molecule has 0 spiro atoms. The van der Waals surface area contributed by atoms with Crippen LogP contribution >= 0.6 is 11.8 Å². The SMILES string of the molecule is CC[C@H](SC1=Nc2ccccc2C2=N[C@H](c3ccccc3)C(=O)N12)C(=O)NCc1ccco1. The number of para-hydroxylation sites is 1. The van der Waals surface area contributed by atoms with Gasteiger partial charge in [-0.1, -0.05) is 61.2 Å². The summed E-state index contributed by atoms with van der Waals surface area (Å²) in [6.07, 6.45) is 2.15. The summed E-state index contributed by atoms with van der Waals surface area (Å²) in [7, 11) is 0. The maximum Gasteiger partial charge on any atom is 0.263 e. The Kier molecular flexibility index (Phi) is 5.83. The predicted molar refractivity (Wildman–Crippen MR) is 128 cm³/mol. The molecule has 3 aromatic rings. The number of fused-ring (bicyclic) bond motifs is 3. The Morgan fingerprint density at radius 3 is 2.67 bits per heavy atom. The van der Waals surface area contributed by atoms with Crippen molar-refractivity contribution in [3.63, 3.8) is 0 Å². The molecule has 2 aliphatic heterocycles. The third kappa shape index (κ3) is 4.09. The fourth-order valence-corrected chi connectivity index (χ4v) is 4.88. The zero-order chi connectivity index (χ0) is 22.8. The molecular formula is C25H22N4O3S. The van der Waals surface area contributed by atoms with Gasteiger partial charge in [0.1, 0.15) is 11.6 Å². The van der Waals surface area contributed by atoms with E-state index in [4.69, 9.17) is 14.4 Å². The number of nitrogens with one attached hydrogen (secondary N) is 1. The van der Waals surface area contributed by atoms with E-state index in [9.17, 15) is 9.59 Å². The van der Waals surface area contributed by atoms with E-state index >= 15 is 0 Å². The highest BCUT2D eigenvalue weighted by molar-refractivity contribution is 8.15. The largest absolute Gasteiger partial charge is 0.467 e. The van der Waals surface area contributed by atoms with Crippen LogP contribution in [0.5, 0.6) is 0 Å². The molecule has 7 nitrogen and oxygen atoms in total. The van der Waals surface area contributed by atoms with Gasteiger partial charge in [-0.2, -0.15) is 0 Å². The number of thioether (sulfide) groups is 1. The zero-order valence-corrected chi connectivity index (χ0v) is 18.8. The molecule has 1 aromatic heterocycles. The van der Waals surface area contributed by atoms with Crippen LogP contribution in [-0.2, 0) is 16.1 Å². The van der Waals surface area contributed by atoms with E-state index in [0.29, 0.717) is 29.7 Å². The molecule has 166 valence electrons. The number of aliphatic imine (C=N–C) groups is 2. The minimum absolute atomic E-state index is 0.134. The molecule has 2 amide bonds. The van der Waals surface area contributed by atoms with Gasteiger partial charge in [-0.3, -0.25) is 9.59 Å². The highest BCUT2D eigenvalue weighted by Gasteiger charge is 2.43. The van der Waals surface area contributed by atoms with Crippen molar-refractivity contribution in [3.8, 4) is 0 Å². The summed E-state index contributed by atoms with van der Waals surface area (Å²) in [6, 6.07) is 20.1. The summed E-state index contributed by atoms with van der Waals surface area (Å²) in [5.74, 6) is 0.961. The van der Waals surface area contributed by atoms with Crippen LogP contribution in [0.4, 0.5) is 5.69 Å². The third-order valence-corrected chi connectivity index (χ3v) is 6.83. The number of amides is 2. The van der Waals surface area contributed by atoms with Gasteiger partial charge in [0.05, 0.1) is 23.7 Å². The summed E-state index contributed by atoms with van der Waals surface area (Å²) in [6.45, 7) is 2.25. The minimum Gasteiger partial charge on any atom is -0.467 e. The smallest absolute Gasteiger partial charge is 0.263 e. The molecule has 3 heterocycles. The lowest BCUT2D eigenvalue weighted by Gasteiger charge is -2.27. The Morgan fingerprint density at radius 2 is 1.91 bits per heavy atom. The highest BCUT2D eigenvalue weighted by Crippen LogP contribution is 2.38. The van der Waals surface area contributed by atoms with E-state index < -0.39 is 11.3 Å². The van der Waals surface area contributed by atoms with Crippen LogP contribution < -0.4 is 5.32 Å². The normalized spacial score (nSPS) is 17.7. The summed E-state index contributed by atoms with van der Waals surface area (Å²) in [4.78, 5) is 37.5. The topological polar surface area (TPSA) is 87.3 Å². The van der Waals surface area contributed by atoms with Crippen LogP contribution in [0, 0.1) is 0 Å². The van der Waals surface area contributed by atoms with Gasteiger partial charge in [0.15, 0.2) is 11.2 Å². The quantitative estimate of drug-likeness (QED) is 0.592. The Bertz CT molecular complexity index is 1240. The minimum atomic E-state index is -0.633. The van der Waals surface area contributed by atoms with Crippen molar-refractivity contribution in [1.82, 2.24) is 10.2 Å². The Morgan fingerprint density at radius 1 is 1.12 bits per heavy atom. The van der Waals surface area contributed by atoms with Crippen molar-refractivity contribution in [2.24, 2.45) is 9.98 Å². The molecule has 2 atom stereocenters. The first-order chi connectivity index (χ1) is 16.2. The van der Waals surface area contributed by atoms with Crippen molar-refractivity contribution in [3.05, 3.63) is 89.9 Å². The molecule has 33 heavy (non-hydrogen) atoms. The van der Waals surface area contributed by atoms with Crippen LogP contribution in [0.3, 0.4) is 0 Å². The molecule has 0 unspecified atom stereocenters. The number of carbonyl (C=O) groups is 2. The maximum absolute atomic E-state index is 13.5. The lowest BCUT2D eigenvalue weighted by Crippen LogP contribution is -2.42. The molecule has 2 aromatic carbocycles. The molecule has 1 N–H and O–H groups in total. The number of carbonyl (C=O) groups excluding carboxylic acids is 2. The molecule has 8 heteroatoms. The molecular weight excluding hydrogens is 436 g/mol. The molecule has 0 aliphatic carbocycles. The fraction of sp³-hybridized carbons (Fsp3) is 0.200. The van der Waals surface area contributed by atoms with Gasteiger partial charge in [-0.15, -0.1) is 0 Å². The second kappa shape index (κ2) is 9.07. The average molecular weight is 459 g/mol. The van der Waals surface area contributed by atoms with Crippen molar-refractivity contribution >= 4 is 40.3 Å². The number of rotatable bonds is 6. The van der Waals surface area contributed by atoms with Gasteiger partial charge < -0.3 is 9.73 Å². The highest BCUT2D eigenvalue weighted by atomic mass is 32.2. The van der Waals surface area contributed by atoms with Gasteiger partial charge in [-0.25, -0.2) is 14.9 Å². The standard InChI is InChI=1S/C25H22N4O3S/c1-2-20(23(30)26-15-17-11-8-14-32-17)33-25-27-19-13-7-6-12-18(19)22-28-21(24(31)29(22)25)16-9-4-3-5-10-16/h3-14,20-21H,2,15H2,1H3,(H,26,30)/t20-,21+/m0/s1. The van der Waals surface area contributed by atoms with Gasteiger partial charge in [0.2, 0.25) is 5.91 Å². The van der Waals surface area contributed by atoms with E-state index in [0.717, 1.165) is 16.8 Å². The third-order valence-electron chi connectivity index (χ3n) is 5.51. The average Bonchev–Trinajstić information content (AvgIpc) is 3.50. The van der Waals surface area contributed by atoms with Crippen LogP contribution in [0.15, 0.2) is 87.4 Å². The van der Waals surface area contributed by atoms with E-state index in [1.54, 1.807) is 17.2 Å². The number of furan rings is 1. The maximum atomic E-state index is 13.5. The molecule has 0 bridgehead atoms. The lowest BCUT2D eigenvalue weighted by atomic mass is 10.1. The zero-order valence-electron chi connectivity index (χ0n) is 18.0. The number of nitrogens with zero attached hydrogens (tertiary/aromatic N) is 3. The summed E-state index contributed by atoms with van der Waals surface area (Å²) in [5, 5.41) is 2.95. The van der Waals surface area contributed by atoms with Crippen LogP contribution in [-0.4, -0.2) is 33.0 Å². The first-order valence-electron chi connectivity index (χ1n) is 10.8. The molecule has 0 saturated carbocycles. The first-order valence-corrected chi connectivity index (χ1v) is 11.6. The second-order valence-electron chi connectivity index (χ2n) is 7.66. The number of benzene rings is 2. The lowest BCUT2D eigenvalue weighted by molar-refractivity contribution is -0.125. The molecule has 0 radical (unpaired) electrons. The van der Waals surface area contributed by atoms with Crippen LogP contribution in [0.25, 0.3) is 0 Å². The van der Waals surface area contributed by atoms with E-state index in [2.05, 4.69) is 5.32 Å². The van der Waals surface area contributed by atoms with E-state index in [1.165, 1.54) is 11.8 Å². The van der Waals surface area contributed by atoms with Crippen molar-refractivity contribution in [2.75, 3.05) is 0 Å². The van der Waals surface area contributed by atoms with Gasteiger partial charge in [0.25, 0.3) is 5.91 Å². The van der Waals surface area contributed by atoms with E-state index in [-0.39, 0.29) is 11.8 Å². The van der Waals surface area contributed by atoms with Crippen molar-refractivity contribution < 1.29 is 14.0 Å². The fourth-order valence-electron chi connectivity index (χ4n) is 3.83. The number of amidine groups is 2. The summed E-state index contributed by atoms with van der Waals surface area (Å²) >= 11 is 1.28. The number of hydrogen-bond donors (Lipinski definition) is 1. The van der Waals surface area contributed by atoms with Crippen LogP contribution in [0.2, 0.25) is 0 Å². The van der Waals surface area contributed by atoms with Gasteiger partial charge in [-0.05, 0) is 36.2 Å². The van der Waals surface area contributed by atoms with E-state index in [1.807, 2.05) is 67.6 Å². The van der Waals surface area contributed by atoms with Crippen molar-refractivity contribution in [2.45, 2.75) is 31.2 Å². The van der Waals surface area contributed by atoms with Gasteiger partial charge in [0, 0.05) is 5.56 Å². The predicted octanol–water partition coefficient (Wildman–Crippen LogP) is 4.44. The van der Waals surface area contributed by atoms with Crippen molar-refractivity contribution in [1.29, 1.82) is 0 Å². The van der Waals surface area contributed by atoms with Gasteiger partial charge >= 0.3 is 0 Å². The van der Waals surface area contributed by atoms with Crippen LogP contribution in [0.1, 0.15) is 36.3 Å². The summed E-state index contributed by atoms with van der Waals surface area (Å²) < 4.78 is 5.30. The number of hydrogen-bond acceptors (Lipinski definition) is 6. The molecule has 2 aliphatic rings. The monoisotopic (exact) mass is 458 g/mol. The summed E-state index contributed by atoms with van der Waals surface area (Å²) in [5.41, 5.74) is 2.38. The Balaban J connectivity index is 1.43. The molecule has 0 saturated heterocycles. The first kappa shape index (κ1) is 21.2. The molecule has 5 rings (SSSR count). The second-order valence-corrected chi connectivity index (χ2v) is 8.83. The Hall–Kier alpha value is -3.65. The molecule has 0 fully saturated rings. The Labute approximate surface area is 195 Å².